The Morgan fingerprint density at radius 1 is 1.03 bits per heavy atom. The minimum Gasteiger partial charge on any atom is -0.356 e. The molecule has 4 aromatic heterocycles. The van der Waals surface area contributed by atoms with Crippen LogP contribution in [0.2, 0.25) is 5.15 Å². The van der Waals surface area contributed by atoms with Crippen LogP contribution in [-0.4, -0.2) is 58.1 Å². The Labute approximate surface area is 201 Å². The molecule has 0 bridgehead atoms. The van der Waals surface area contributed by atoms with Crippen LogP contribution in [0.5, 0.6) is 0 Å². The normalized spacial score (nSPS) is 14.4. The second-order valence-corrected chi connectivity index (χ2v) is 8.42. The third-order valence-corrected chi connectivity index (χ3v) is 5.98. The molecule has 35 heavy (non-hydrogen) atoms. The second-order valence-electron chi connectivity index (χ2n) is 8.06. The maximum absolute atomic E-state index is 14.5. The number of aromatic nitrogens is 9. The molecule has 1 aliphatic heterocycles. The van der Waals surface area contributed by atoms with Gasteiger partial charge in [-0.1, -0.05) is 23.7 Å². The summed E-state index contributed by atoms with van der Waals surface area (Å²) in [7, 11) is 0. The molecule has 5 aromatic rings. The van der Waals surface area contributed by atoms with Crippen molar-refractivity contribution in [3.05, 3.63) is 53.6 Å². The average Bonchev–Trinajstić information content (AvgIpc) is 3.49. The van der Waals surface area contributed by atoms with E-state index in [4.69, 9.17) is 11.6 Å². The lowest BCUT2D eigenvalue weighted by molar-refractivity contribution is 0.435. The van der Waals surface area contributed by atoms with Crippen LogP contribution in [0.4, 0.5) is 19.0 Å². The maximum Gasteiger partial charge on any atom is 0.255 e. The molecule has 0 amide bonds. The van der Waals surface area contributed by atoms with Crippen molar-refractivity contribution in [1.29, 1.82) is 0 Å². The summed E-state index contributed by atoms with van der Waals surface area (Å²) in [5, 5.41) is 13.9. The number of nitrogens with zero attached hydrogens (tertiary/aromatic N) is 9. The number of piperidine rings is 1. The van der Waals surface area contributed by atoms with Crippen LogP contribution in [0.1, 0.15) is 19.8 Å². The number of aromatic amines is 1. The van der Waals surface area contributed by atoms with E-state index in [2.05, 4.69) is 47.4 Å². The Balaban J connectivity index is 0.000000234. The third kappa shape index (κ3) is 4.46. The predicted octanol–water partition coefficient (Wildman–Crippen LogP) is 3.85. The van der Waals surface area contributed by atoms with Gasteiger partial charge < -0.3 is 4.90 Å². The molecule has 1 fully saturated rings. The van der Waals surface area contributed by atoms with Crippen molar-refractivity contribution in [2.24, 2.45) is 5.92 Å². The second kappa shape index (κ2) is 9.41. The van der Waals surface area contributed by atoms with Gasteiger partial charge in [0.25, 0.3) is 5.78 Å². The summed E-state index contributed by atoms with van der Waals surface area (Å²) in [4.78, 5) is 17.7. The van der Waals surface area contributed by atoms with Crippen LogP contribution < -0.4 is 4.90 Å². The van der Waals surface area contributed by atoms with Crippen LogP contribution >= 0.6 is 11.6 Å². The van der Waals surface area contributed by atoms with E-state index in [1.54, 1.807) is 6.20 Å². The van der Waals surface area contributed by atoms with E-state index in [-0.39, 0.29) is 16.5 Å². The van der Waals surface area contributed by atoms with Gasteiger partial charge >= 0.3 is 0 Å². The molecule has 0 atom stereocenters. The van der Waals surface area contributed by atoms with Crippen molar-refractivity contribution >= 4 is 34.4 Å². The quantitative estimate of drug-likeness (QED) is 0.362. The zero-order valence-corrected chi connectivity index (χ0v) is 19.1. The Hall–Kier alpha value is -3.87. The number of fused-ring (bicyclic) bond motifs is 2. The molecule has 1 saturated heterocycles. The van der Waals surface area contributed by atoms with Gasteiger partial charge in [0.1, 0.15) is 46.6 Å². The van der Waals surface area contributed by atoms with Gasteiger partial charge in [0.05, 0.1) is 17.3 Å². The summed E-state index contributed by atoms with van der Waals surface area (Å²) in [6.07, 6.45) is 6.21. The number of anilines is 1. The first-order valence-corrected chi connectivity index (χ1v) is 11.1. The molecule has 0 unspecified atom stereocenters. The predicted molar refractivity (Wildman–Crippen MR) is 121 cm³/mol. The fourth-order valence-corrected chi connectivity index (χ4v) is 4.17. The fourth-order valence-electron chi connectivity index (χ4n) is 3.92. The molecular formula is C21H18ClF3N10. The zero-order valence-electron chi connectivity index (χ0n) is 18.3. The molecule has 180 valence electrons. The Morgan fingerprint density at radius 3 is 2.49 bits per heavy atom. The molecule has 1 aromatic carbocycles. The molecule has 0 aliphatic carbocycles. The van der Waals surface area contributed by atoms with E-state index in [1.165, 1.54) is 17.2 Å². The van der Waals surface area contributed by atoms with Gasteiger partial charge in [-0.2, -0.15) is 19.6 Å². The van der Waals surface area contributed by atoms with Crippen molar-refractivity contribution in [2.75, 3.05) is 18.0 Å². The van der Waals surface area contributed by atoms with Crippen molar-refractivity contribution in [3.63, 3.8) is 0 Å². The van der Waals surface area contributed by atoms with E-state index < -0.39 is 23.0 Å². The SMILES string of the molecule is CC1CCN(c2c(-c3c(F)cc(F)cc3F)c(Cl)nc3ncnn23)CC1.c1ncc2[nH]nnc2n1. The van der Waals surface area contributed by atoms with Crippen LogP contribution in [-0.2, 0) is 0 Å². The molecule has 10 nitrogen and oxygen atoms in total. The lowest BCUT2D eigenvalue weighted by Gasteiger charge is -2.33. The first-order valence-electron chi connectivity index (χ1n) is 10.7. The smallest absolute Gasteiger partial charge is 0.255 e. The third-order valence-electron chi connectivity index (χ3n) is 5.70. The van der Waals surface area contributed by atoms with Gasteiger partial charge in [-0.15, -0.1) is 5.10 Å². The minimum absolute atomic E-state index is 0.0502. The number of nitrogens with one attached hydrogen (secondary N) is 1. The largest absolute Gasteiger partial charge is 0.356 e. The van der Waals surface area contributed by atoms with E-state index in [1.807, 2.05) is 4.90 Å². The number of hydrogen-bond acceptors (Lipinski definition) is 8. The van der Waals surface area contributed by atoms with Gasteiger partial charge in [-0.25, -0.2) is 23.1 Å². The Bertz CT molecular complexity index is 1440. The standard InChI is InChI=1S/C17H15ClF3N5.C4H3N5/c1-9-2-4-25(5-3-9)16-14(13-11(20)6-10(19)7-12(13)21)15(18)24-17-22-8-23-26(16)17;1-3-4(6-2-5-1)8-9-7-3/h6-9H,2-5H2,1H3;1-2H,(H,5,6,7,8,9). The van der Waals surface area contributed by atoms with Crippen LogP contribution in [0.3, 0.4) is 0 Å². The summed E-state index contributed by atoms with van der Waals surface area (Å²) < 4.78 is 43.7. The maximum atomic E-state index is 14.5. The van der Waals surface area contributed by atoms with E-state index in [0.717, 1.165) is 18.4 Å². The molecule has 0 saturated carbocycles. The molecular weight excluding hydrogens is 485 g/mol. The molecule has 5 heterocycles. The fraction of sp³-hybridized carbons (Fsp3) is 0.286. The van der Waals surface area contributed by atoms with E-state index in [0.29, 0.717) is 42.6 Å². The number of hydrogen-bond donors (Lipinski definition) is 1. The van der Waals surface area contributed by atoms with Crippen LogP contribution in [0.25, 0.3) is 28.1 Å². The lowest BCUT2D eigenvalue weighted by atomic mass is 9.98. The van der Waals surface area contributed by atoms with Crippen molar-refractivity contribution < 1.29 is 13.2 Å². The average molecular weight is 503 g/mol. The summed E-state index contributed by atoms with van der Waals surface area (Å²) in [5.74, 6) is -1.89. The van der Waals surface area contributed by atoms with Gasteiger partial charge in [0.15, 0.2) is 0 Å². The van der Waals surface area contributed by atoms with Gasteiger partial charge in [-0.05, 0) is 18.8 Å². The summed E-state index contributed by atoms with van der Waals surface area (Å²) >= 11 is 6.29. The molecule has 0 radical (unpaired) electrons. The molecule has 6 rings (SSSR count). The van der Waals surface area contributed by atoms with Crippen molar-refractivity contribution in [3.8, 4) is 11.1 Å². The van der Waals surface area contributed by atoms with Crippen LogP contribution in [0.15, 0.2) is 31.0 Å². The summed E-state index contributed by atoms with van der Waals surface area (Å²) in [6, 6.07) is 1.25. The molecule has 0 spiro atoms. The number of benzene rings is 1. The molecule has 1 aliphatic rings. The highest BCUT2D eigenvalue weighted by Crippen LogP contribution is 2.40. The van der Waals surface area contributed by atoms with Crippen molar-refractivity contribution in [1.82, 2.24) is 45.0 Å². The molecule has 1 N–H and O–H groups in total. The topological polar surface area (TPSA) is 114 Å². The highest BCUT2D eigenvalue weighted by atomic mass is 35.5. The zero-order chi connectivity index (χ0) is 24.5. The number of halogens is 4. The summed E-state index contributed by atoms with van der Waals surface area (Å²) in [5.41, 5.74) is 0.992. The first kappa shape index (κ1) is 22.9. The monoisotopic (exact) mass is 502 g/mol. The highest BCUT2D eigenvalue weighted by molar-refractivity contribution is 6.33. The van der Waals surface area contributed by atoms with Gasteiger partial charge in [-0.3, -0.25) is 5.10 Å². The first-order chi connectivity index (χ1) is 16.9. The van der Waals surface area contributed by atoms with E-state index >= 15 is 0 Å². The Morgan fingerprint density at radius 2 is 1.77 bits per heavy atom. The van der Waals surface area contributed by atoms with Gasteiger partial charge in [0, 0.05) is 25.2 Å². The molecule has 14 heteroatoms. The van der Waals surface area contributed by atoms with Crippen LogP contribution in [0, 0.1) is 23.4 Å². The van der Waals surface area contributed by atoms with Gasteiger partial charge in [0.2, 0.25) is 5.65 Å². The number of H-pyrrole nitrogens is 1. The summed E-state index contributed by atoms with van der Waals surface area (Å²) in [6.45, 7) is 3.50. The lowest BCUT2D eigenvalue weighted by Crippen LogP contribution is -2.35. The highest BCUT2D eigenvalue weighted by Gasteiger charge is 2.28. The van der Waals surface area contributed by atoms with Crippen molar-refractivity contribution in [2.45, 2.75) is 19.8 Å². The van der Waals surface area contributed by atoms with E-state index in [9.17, 15) is 13.2 Å². The number of rotatable bonds is 2. The Kier molecular flexibility index (Phi) is 6.16. The minimum atomic E-state index is -1.04.